The first-order valence-electron chi connectivity index (χ1n) is 6.22. The number of carbonyl (C=O) groups excluding carboxylic acids is 1. The zero-order valence-corrected chi connectivity index (χ0v) is 13.0. The Morgan fingerprint density at radius 1 is 1.40 bits per heavy atom. The van der Waals surface area contributed by atoms with Gasteiger partial charge in [-0.25, -0.2) is 4.39 Å². The van der Waals surface area contributed by atoms with Crippen molar-refractivity contribution in [2.45, 2.75) is 33.1 Å². The lowest BCUT2D eigenvalue weighted by Crippen LogP contribution is -2.27. The van der Waals surface area contributed by atoms with Gasteiger partial charge in [0, 0.05) is 10.9 Å². The van der Waals surface area contributed by atoms with Crippen molar-refractivity contribution >= 4 is 33.5 Å². The summed E-state index contributed by atoms with van der Waals surface area (Å²) in [5.74, 6) is -1.88. The van der Waals surface area contributed by atoms with Gasteiger partial charge in [0.1, 0.15) is 5.82 Å². The van der Waals surface area contributed by atoms with Crippen LogP contribution in [0.15, 0.2) is 22.7 Å². The van der Waals surface area contributed by atoms with E-state index < -0.39 is 23.1 Å². The number of carbonyl (C=O) groups is 2. The van der Waals surface area contributed by atoms with E-state index in [0.29, 0.717) is 10.9 Å². The van der Waals surface area contributed by atoms with Crippen molar-refractivity contribution < 1.29 is 19.1 Å². The molecule has 1 amide bonds. The molecule has 4 nitrogen and oxygen atoms in total. The van der Waals surface area contributed by atoms with E-state index in [9.17, 15) is 14.0 Å². The number of hydrogen-bond acceptors (Lipinski definition) is 2. The van der Waals surface area contributed by atoms with E-state index in [1.807, 2.05) is 6.92 Å². The molecule has 1 aromatic carbocycles. The van der Waals surface area contributed by atoms with Gasteiger partial charge in [-0.05, 0) is 30.0 Å². The third kappa shape index (κ3) is 4.92. The van der Waals surface area contributed by atoms with Crippen LogP contribution in [0.3, 0.4) is 0 Å². The zero-order valence-electron chi connectivity index (χ0n) is 11.4. The molecule has 0 radical (unpaired) electrons. The number of hydrogen-bond donors (Lipinski definition) is 2. The van der Waals surface area contributed by atoms with Crippen molar-refractivity contribution in [1.29, 1.82) is 0 Å². The van der Waals surface area contributed by atoms with Crippen molar-refractivity contribution in [2.24, 2.45) is 5.41 Å². The molecule has 2 N–H and O–H groups in total. The topological polar surface area (TPSA) is 66.4 Å². The summed E-state index contributed by atoms with van der Waals surface area (Å²) < 4.78 is 14.2. The molecule has 0 fully saturated rings. The minimum absolute atomic E-state index is 0.0330. The van der Waals surface area contributed by atoms with Crippen LogP contribution in [-0.2, 0) is 9.59 Å². The smallest absolute Gasteiger partial charge is 0.303 e. The van der Waals surface area contributed by atoms with E-state index in [1.165, 1.54) is 12.1 Å². The summed E-state index contributed by atoms with van der Waals surface area (Å²) in [4.78, 5) is 22.7. The van der Waals surface area contributed by atoms with Gasteiger partial charge < -0.3 is 10.4 Å². The van der Waals surface area contributed by atoms with E-state index in [2.05, 4.69) is 21.2 Å². The lowest BCUT2D eigenvalue weighted by atomic mass is 9.80. The van der Waals surface area contributed by atoms with Crippen LogP contribution in [0, 0.1) is 11.2 Å². The number of amides is 1. The van der Waals surface area contributed by atoms with Gasteiger partial charge in [0.2, 0.25) is 5.91 Å². The second kappa shape index (κ2) is 6.83. The second-order valence-electron chi connectivity index (χ2n) is 5.08. The highest BCUT2D eigenvalue weighted by molar-refractivity contribution is 9.10. The summed E-state index contributed by atoms with van der Waals surface area (Å²) in [7, 11) is 0. The number of rotatable bonds is 6. The van der Waals surface area contributed by atoms with Gasteiger partial charge in [0.25, 0.3) is 0 Å². The molecule has 1 atom stereocenters. The Bertz CT molecular complexity index is 521. The maximum Gasteiger partial charge on any atom is 0.303 e. The minimum atomic E-state index is -0.947. The van der Waals surface area contributed by atoms with E-state index in [4.69, 9.17) is 5.11 Å². The summed E-state index contributed by atoms with van der Waals surface area (Å²) in [6.45, 7) is 3.56. The molecule has 0 aliphatic heterocycles. The molecule has 20 heavy (non-hydrogen) atoms. The summed E-state index contributed by atoms with van der Waals surface area (Å²) in [5, 5.41) is 11.3. The fourth-order valence-corrected chi connectivity index (χ4v) is 2.18. The molecule has 1 aromatic rings. The first kappa shape index (κ1) is 16.6. The molecule has 0 spiro atoms. The van der Waals surface area contributed by atoms with E-state index in [0.717, 1.165) is 0 Å². The van der Waals surface area contributed by atoms with Crippen molar-refractivity contribution in [3.05, 3.63) is 28.5 Å². The minimum Gasteiger partial charge on any atom is -0.481 e. The monoisotopic (exact) mass is 345 g/mol. The Kier molecular flexibility index (Phi) is 5.68. The Balaban J connectivity index is 2.73. The molecule has 0 aliphatic carbocycles. The number of anilines is 1. The average Bonchev–Trinajstić information content (AvgIpc) is 2.31. The van der Waals surface area contributed by atoms with Crippen molar-refractivity contribution in [3.63, 3.8) is 0 Å². The molecule has 0 heterocycles. The highest BCUT2D eigenvalue weighted by Crippen LogP contribution is 2.30. The predicted molar refractivity (Wildman–Crippen MR) is 78.0 cm³/mol. The second-order valence-corrected chi connectivity index (χ2v) is 6.00. The van der Waals surface area contributed by atoms with Crippen LogP contribution in [0.4, 0.5) is 10.1 Å². The van der Waals surface area contributed by atoms with Gasteiger partial charge in [0.05, 0.1) is 12.1 Å². The zero-order chi connectivity index (χ0) is 15.3. The molecule has 6 heteroatoms. The largest absolute Gasteiger partial charge is 0.481 e. The van der Waals surface area contributed by atoms with Gasteiger partial charge >= 0.3 is 5.97 Å². The van der Waals surface area contributed by atoms with E-state index in [1.54, 1.807) is 13.0 Å². The molecule has 0 aliphatic rings. The number of carboxylic acid groups (broad SMARTS) is 1. The predicted octanol–water partition coefficient (Wildman–Crippen LogP) is 3.81. The summed E-state index contributed by atoms with van der Waals surface area (Å²) in [6.07, 6.45) is 0.487. The Hall–Kier alpha value is -1.43. The first-order valence-corrected chi connectivity index (χ1v) is 7.02. The molecular weight excluding hydrogens is 329 g/mol. The molecule has 0 aromatic heterocycles. The van der Waals surface area contributed by atoms with Crippen LogP contribution >= 0.6 is 15.9 Å². The van der Waals surface area contributed by atoms with Crippen molar-refractivity contribution in [2.75, 3.05) is 5.32 Å². The highest BCUT2D eigenvalue weighted by Gasteiger charge is 2.28. The number of nitrogens with one attached hydrogen (secondary N) is 1. The molecule has 0 bridgehead atoms. The van der Waals surface area contributed by atoms with Crippen LogP contribution in [0.1, 0.15) is 33.1 Å². The van der Waals surface area contributed by atoms with Gasteiger partial charge in [-0.2, -0.15) is 0 Å². The van der Waals surface area contributed by atoms with Gasteiger partial charge in [0.15, 0.2) is 0 Å². The third-order valence-electron chi connectivity index (χ3n) is 3.22. The normalized spacial score (nSPS) is 13.6. The Morgan fingerprint density at radius 2 is 2.05 bits per heavy atom. The van der Waals surface area contributed by atoms with E-state index in [-0.39, 0.29) is 18.5 Å². The molecule has 1 rings (SSSR count). The lowest BCUT2D eigenvalue weighted by molar-refractivity contribution is -0.140. The summed E-state index contributed by atoms with van der Waals surface area (Å²) >= 11 is 3.13. The highest BCUT2D eigenvalue weighted by atomic mass is 79.9. The van der Waals surface area contributed by atoms with Crippen LogP contribution < -0.4 is 5.32 Å². The summed E-state index contributed by atoms with van der Waals surface area (Å²) in [6, 6.07) is 4.33. The number of aliphatic carboxylic acids is 1. The van der Waals surface area contributed by atoms with Crippen LogP contribution in [0.5, 0.6) is 0 Å². The lowest BCUT2D eigenvalue weighted by Gasteiger charge is -2.25. The molecule has 0 unspecified atom stereocenters. The number of benzene rings is 1. The maximum atomic E-state index is 13.6. The van der Waals surface area contributed by atoms with Crippen molar-refractivity contribution in [3.8, 4) is 0 Å². The molecule has 110 valence electrons. The molecule has 0 saturated carbocycles. The number of halogens is 2. The Labute approximate surface area is 125 Å². The molecular formula is C14H17BrFNO3. The van der Waals surface area contributed by atoms with Gasteiger partial charge in [-0.3, -0.25) is 9.59 Å². The summed E-state index contributed by atoms with van der Waals surface area (Å²) in [5.41, 5.74) is -0.547. The maximum absolute atomic E-state index is 13.6. The fraction of sp³-hybridized carbons (Fsp3) is 0.429. The average molecular weight is 346 g/mol. The number of carboxylic acids is 1. The van der Waals surface area contributed by atoms with Crippen LogP contribution in [-0.4, -0.2) is 17.0 Å². The Morgan fingerprint density at radius 3 is 2.55 bits per heavy atom. The third-order valence-corrected chi connectivity index (χ3v) is 3.72. The fourth-order valence-electron chi connectivity index (χ4n) is 1.85. The van der Waals surface area contributed by atoms with Gasteiger partial charge in [-0.15, -0.1) is 0 Å². The van der Waals surface area contributed by atoms with E-state index >= 15 is 0 Å². The molecule has 0 saturated heterocycles. The van der Waals surface area contributed by atoms with Crippen molar-refractivity contribution in [1.82, 2.24) is 0 Å². The quantitative estimate of drug-likeness (QED) is 0.823. The first-order chi connectivity index (χ1) is 9.25. The van der Waals surface area contributed by atoms with Gasteiger partial charge in [-0.1, -0.05) is 29.8 Å². The SMILES string of the molecule is CC[C@](C)(CC(=O)O)CC(=O)Nc1ccc(Br)cc1F. The standard InChI is InChI=1S/C14H17BrFNO3/c1-3-14(2,8-13(19)20)7-12(18)17-11-5-4-9(15)6-10(11)16/h4-6H,3,7-8H2,1-2H3,(H,17,18)(H,19,20)/t14-/m0/s1. The van der Waals surface area contributed by atoms with Crippen LogP contribution in [0.25, 0.3) is 0 Å². The van der Waals surface area contributed by atoms with Crippen LogP contribution in [0.2, 0.25) is 0 Å².